The molecule has 1 N–H and O–H groups in total. The second-order valence-electron chi connectivity index (χ2n) is 10.2. The monoisotopic (exact) mass is 583 g/mol. The second-order valence-corrected chi connectivity index (χ2v) is 11.0. The highest BCUT2D eigenvalue weighted by Gasteiger charge is 2.42. The van der Waals surface area contributed by atoms with Crippen LogP contribution in [-0.4, -0.2) is 72.7 Å². The lowest BCUT2D eigenvalue weighted by molar-refractivity contribution is 0.0369. The number of anilines is 1. The minimum atomic E-state index is -0.118. The fourth-order valence-corrected chi connectivity index (χ4v) is 6.26. The Balaban J connectivity index is 1.45. The van der Waals surface area contributed by atoms with Gasteiger partial charge in [0.25, 0.3) is 0 Å². The van der Waals surface area contributed by atoms with E-state index in [0.29, 0.717) is 29.1 Å². The van der Waals surface area contributed by atoms with E-state index in [4.69, 9.17) is 43.0 Å². The molecule has 4 heterocycles. The van der Waals surface area contributed by atoms with Crippen molar-refractivity contribution in [3.63, 3.8) is 0 Å². The van der Waals surface area contributed by atoms with E-state index in [1.807, 2.05) is 36.5 Å². The van der Waals surface area contributed by atoms with Crippen molar-refractivity contribution in [2.45, 2.75) is 38.9 Å². The van der Waals surface area contributed by atoms with Crippen molar-refractivity contribution < 1.29 is 14.2 Å². The number of benzene rings is 1. The summed E-state index contributed by atoms with van der Waals surface area (Å²) in [6, 6.07) is 13.9. The van der Waals surface area contributed by atoms with Gasteiger partial charge in [0.15, 0.2) is 5.11 Å². The first-order chi connectivity index (χ1) is 19.5. The fourth-order valence-electron chi connectivity index (χ4n) is 5.69. The van der Waals surface area contributed by atoms with Crippen molar-refractivity contribution >= 4 is 34.6 Å². The molecule has 5 rings (SSSR count). The summed E-state index contributed by atoms with van der Waals surface area (Å²) in [6.45, 7) is 11.1. The minimum absolute atomic E-state index is 0.0991. The SMILES string of the molecule is COCCOc1ccc(N2C(=S)N[C@@H](c3ccccn3)[C@@H]2c2cc(C)n(CCCN3CCOCC3)c2C)cc1Cl. The summed E-state index contributed by atoms with van der Waals surface area (Å²) in [6.07, 6.45) is 2.92. The molecule has 2 atom stereocenters. The lowest BCUT2D eigenvalue weighted by Crippen LogP contribution is -2.37. The molecule has 0 unspecified atom stereocenters. The molecule has 214 valence electrons. The van der Waals surface area contributed by atoms with Crippen molar-refractivity contribution in [2.75, 3.05) is 58.1 Å². The van der Waals surface area contributed by atoms with Crippen molar-refractivity contribution in [1.82, 2.24) is 19.8 Å². The third-order valence-corrected chi connectivity index (χ3v) is 8.34. The molecule has 3 aromatic rings. The van der Waals surface area contributed by atoms with Crippen LogP contribution in [0, 0.1) is 13.8 Å². The number of hydrogen-bond donors (Lipinski definition) is 1. The molecule has 0 saturated carbocycles. The van der Waals surface area contributed by atoms with Crippen LogP contribution in [0.15, 0.2) is 48.7 Å². The highest BCUT2D eigenvalue weighted by Crippen LogP contribution is 2.44. The van der Waals surface area contributed by atoms with Gasteiger partial charge in [-0.05, 0) is 74.4 Å². The number of rotatable bonds is 11. The summed E-state index contributed by atoms with van der Waals surface area (Å²) in [4.78, 5) is 9.36. The van der Waals surface area contributed by atoms with Gasteiger partial charge >= 0.3 is 0 Å². The Bertz CT molecular complexity index is 1300. The number of ether oxygens (including phenoxy) is 3. The Morgan fingerprint density at radius 2 is 1.93 bits per heavy atom. The van der Waals surface area contributed by atoms with Gasteiger partial charge in [-0.2, -0.15) is 0 Å². The van der Waals surface area contributed by atoms with E-state index in [1.165, 1.54) is 17.0 Å². The predicted octanol–water partition coefficient (Wildman–Crippen LogP) is 5.08. The average molecular weight is 584 g/mol. The van der Waals surface area contributed by atoms with E-state index in [2.05, 4.69) is 45.7 Å². The second kappa shape index (κ2) is 13.3. The van der Waals surface area contributed by atoms with Crippen LogP contribution in [-0.2, 0) is 16.0 Å². The van der Waals surface area contributed by atoms with E-state index in [0.717, 1.165) is 57.2 Å². The summed E-state index contributed by atoms with van der Waals surface area (Å²) >= 11 is 12.6. The minimum Gasteiger partial charge on any atom is -0.490 e. The van der Waals surface area contributed by atoms with Gasteiger partial charge < -0.3 is 29.0 Å². The molecule has 40 heavy (non-hydrogen) atoms. The maximum Gasteiger partial charge on any atom is 0.174 e. The van der Waals surface area contributed by atoms with Crippen LogP contribution in [0.25, 0.3) is 0 Å². The molecule has 2 saturated heterocycles. The Morgan fingerprint density at radius 3 is 2.65 bits per heavy atom. The number of halogens is 1. The number of thiocarbonyl (C=S) groups is 1. The summed E-state index contributed by atoms with van der Waals surface area (Å²) in [7, 11) is 1.65. The first-order valence-electron chi connectivity index (χ1n) is 13.9. The van der Waals surface area contributed by atoms with E-state index in [9.17, 15) is 0 Å². The normalized spacial score (nSPS) is 19.7. The average Bonchev–Trinajstić information content (AvgIpc) is 3.45. The number of aromatic nitrogens is 2. The van der Waals surface area contributed by atoms with Gasteiger partial charge in [-0.3, -0.25) is 9.88 Å². The van der Waals surface area contributed by atoms with Crippen molar-refractivity contribution in [1.29, 1.82) is 0 Å². The van der Waals surface area contributed by atoms with Crippen LogP contribution in [0.4, 0.5) is 5.69 Å². The zero-order valence-electron chi connectivity index (χ0n) is 23.4. The van der Waals surface area contributed by atoms with Gasteiger partial charge in [0.2, 0.25) is 0 Å². The van der Waals surface area contributed by atoms with Crippen LogP contribution in [0.5, 0.6) is 5.75 Å². The van der Waals surface area contributed by atoms with E-state index in [1.54, 1.807) is 7.11 Å². The lowest BCUT2D eigenvalue weighted by atomic mass is 9.96. The molecule has 2 aliphatic rings. The smallest absolute Gasteiger partial charge is 0.174 e. The summed E-state index contributed by atoms with van der Waals surface area (Å²) in [5, 5.41) is 4.73. The van der Waals surface area contributed by atoms with Crippen LogP contribution in [0.2, 0.25) is 5.02 Å². The highest BCUT2D eigenvalue weighted by atomic mass is 35.5. The molecule has 0 amide bonds. The molecule has 2 aliphatic heterocycles. The maximum atomic E-state index is 6.68. The first-order valence-corrected chi connectivity index (χ1v) is 14.6. The molecule has 0 radical (unpaired) electrons. The molecule has 0 spiro atoms. The molecule has 10 heteroatoms. The maximum absolute atomic E-state index is 6.68. The van der Waals surface area contributed by atoms with E-state index >= 15 is 0 Å². The quantitative estimate of drug-likeness (QED) is 0.248. The van der Waals surface area contributed by atoms with Crippen LogP contribution < -0.4 is 15.0 Å². The van der Waals surface area contributed by atoms with Crippen LogP contribution in [0.1, 0.15) is 41.1 Å². The third kappa shape index (κ3) is 6.29. The molecule has 1 aromatic carbocycles. The van der Waals surface area contributed by atoms with Gasteiger partial charge in [-0.15, -0.1) is 0 Å². The molecular weight excluding hydrogens is 546 g/mol. The van der Waals surface area contributed by atoms with Crippen LogP contribution >= 0.6 is 23.8 Å². The number of methoxy groups -OCH3 is 1. The van der Waals surface area contributed by atoms with Crippen LogP contribution in [0.3, 0.4) is 0 Å². The Kier molecular flexibility index (Phi) is 9.59. The number of pyridine rings is 1. The Labute approximate surface area is 247 Å². The zero-order valence-corrected chi connectivity index (χ0v) is 25.0. The van der Waals surface area contributed by atoms with Gasteiger partial charge in [-0.1, -0.05) is 17.7 Å². The fraction of sp³-hybridized carbons (Fsp3) is 0.467. The summed E-state index contributed by atoms with van der Waals surface area (Å²) < 4.78 is 18.8. The van der Waals surface area contributed by atoms with Gasteiger partial charge in [0, 0.05) is 56.6 Å². The predicted molar refractivity (Wildman–Crippen MR) is 163 cm³/mol. The largest absolute Gasteiger partial charge is 0.490 e. The zero-order chi connectivity index (χ0) is 28.1. The van der Waals surface area contributed by atoms with Crippen molar-refractivity contribution in [3.8, 4) is 5.75 Å². The Hall–Kier alpha value is -2.69. The number of hydrogen-bond acceptors (Lipinski definition) is 6. The number of aryl methyl sites for hydroxylation is 1. The topological polar surface area (TPSA) is 64.0 Å². The molecule has 2 fully saturated rings. The first kappa shape index (κ1) is 28.8. The molecule has 0 bridgehead atoms. The van der Waals surface area contributed by atoms with Gasteiger partial charge in [0.05, 0.1) is 42.6 Å². The molecular formula is C30H38ClN5O3S. The number of nitrogens with one attached hydrogen (secondary N) is 1. The summed E-state index contributed by atoms with van der Waals surface area (Å²) in [5.41, 5.74) is 5.56. The Morgan fingerprint density at radius 1 is 1.10 bits per heavy atom. The van der Waals surface area contributed by atoms with Crippen molar-refractivity contribution in [3.05, 3.63) is 76.3 Å². The third-order valence-electron chi connectivity index (χ3n) is 7.73. The number of nitrogens with zero attached hydrogens (tertiary/aromatic N) is 4. The number of morpholine rings is 1. The highest BCUT2D eigenvalue weighted by molar-refractivity contribution is 7.80. The van der Waals surface area contributed by atoms with E-state index in [-0.39, 0.29) is 12.1 Å². The molecule has 2 aromatic heterocycles. The van der Waals surface area contributed by atoms with Gasteiger partial charge in [-0.25, -0.2) is 0 Å². The van der Waals surface area contributed by atoms with Gasteiger partial charge in [0.1, 0.15) is 12.4 Å². The standard InChI is InChI=1S/C30H38ClN5O3S/c1-21-19-24(22(2)35(21)12-6-11-34-13-15-38-16-14-34)29-28(26-7-4-5-10-32-26)33-30(40)36(29)23-8-9-27(25(31)20-23)39-18-17-37-3/h4-5,7-10,19-20,28-29H,6,11-18H2,1-3H3,(H,33,40)/t28-,29-/m0/s1. The molecule has 0 aliphatic carbocycles. The molecule has 8 nitrogen and oxygen atoms in total. The summed E-state index contributed by atoms with van der Waals surface area (Å²) in [5.74, 6) is 0.622. The lowest BCUT2D eigenvalue weighted by Gasteiger charge is -2.29. The van der Waals surface area contributed by atoms with Crippen molar-refractivity contribution in [2.24, 2.45) is 0 Å². The van der Waals surface area contributed by atoms with E-state index < -0.39 is 0 Å².